The van der Waals surface area contributed by atoms with Crippen LogP contribution in [0.2, 0.25) is 5.02 Å². The van der Waals surface area contributed by atoms with Crippen LogP contribution in [0, 0.1) is 0 Å². The van der Waals surface area contributed by atoms with E-state index in [2.05, 4.69) is 15.1 Å². The lowest BCUT2D eigenvalue weighted by molar-refractivity contribution is 0.281. The molecular weight excluding hydrogens is 302 g/mol. The molecule has 0 aliphatic carbocycles. The number of aliphatic hydroxyl groups is 1. The molecule has 0 aliphatic heterocycles. The summed E-state index contributed by atoms with van der Waals surface area (Å²) in [5.41, 5.74) is 8.96. The zero-order chi connectivity index (χ0) is 15.5. The lowest BCUT2D eigenvalue weighted by Crippen LogP contribution is -2.00. The maximum Gasteiger partial charge on any atom is 0.220 e. The Bertz CT molecular complexity index is 785. The lowest BCUT2D eigenvalue weighted by Gasteiger charge is -2.06. The Balaban J connectivity index is 1.81. The Morgan fingerprint density at radius 1 is 1.14 bits per heavy atom. The van der Waals surface area contributed by atoms with Crippen LogP contribution >= 0.6 is 11.6 Å². The maximum atomic E-state index is 9.04. The number of hydrogen-bond donors (Lipinski definition) is 2. The number of nitrogens with zero attached hydrogens (tertiary/aromatic N) is 4. The summed E-state index contributed by atoms with van der Waals surface area (Å²) in [5.74, 6) is 0.191. The fourth-order valence-electron chi connectivity index (χ4n) is 2.11. The monoisotopic (exact) mass is 315 g/mol. The second kappa shape index (κ2) is 6.13. The molecule has 3 rings (SSSR count). The summed E-state index contributed by atoms with van der Waals surface area (Å²) < 4.78 is 1.77. The van der Waals surface area contributed by atoms with E-state index in [9.17, 15) is 0 Å². The van der Waals surface area contributed by atoms with Gasteiger partial charge in [0, 0.05) is 17.3 Å². The molecule has 0 radical (unpaired) electrons. The first-order valence-electron chi connectivity index (χ1n) is 6.65. The van der Waals surface area contributed by atoms with Gasteiger partial charge in [0.2, 0.25) is 5.95 Å². The van der Waals surface area contributed by atoms with Gasteiger partial charge in [0.05, 0.1) is 36.3 Å². The molecule has 0 saturated carbocycles. The molecule has 0 amide bonds. The van der Waals surface area contributed by atoms with Gasteiger partial charge >= 0.3 is 0 Å². The summed E-state index contributed by atoms with van der Waals surface area (Å²) in [6.45, 7) is 0.618. The molecule has 0 spiro atoms. The molecule has 22 heavy (non-hydrogen) atoms. The Morgan fingerprint density at radius 2 is 1.91 bits per heavy atom. The summed E-state index contributed by atoms with van der Waals surface area (Å²) in [7, 11) is 0. The topological polar surface area (TPSA) is 89.8 Å². The smallest absolute Gasteiger partial charge is 0.220 e. The van der Waals surface area contributed by atoms with Gasteiger partial charge in [-0.2, -0.15) is 5.10 Å². The van der Waals surface area contributed by atoms with E-state index in [1.165, 1.54) is 6.20 Å². The van der Waals surface area contributed by atoms with Crippen LogP contribution in [0.15, 0.2) is 42.9 Å². The molecule has 0 unspecified atom stereocenters. The number of anilines is 1. The van der Waals surface area contributed by atoms with Crippen molar-refractivity contribution < 1.29 is 5.11 Å². The summed E-state index contributed by atoms with van der Waals surface area (Å²) in [5, 5.41) is 13.7. The van der Waals surface area contributed by atoms with E-state index in [-0.39, 0.29) is 12.6 Å². The quantitative estimate of drug-likeness (QED) is 0.769. The first kappa shape index (κ1) is 14.5. The first-order valence-corrected chi connectivity index (χ1v) is 7.03. The molecule has 7 heteroatoms. The first-order chi connectivity index (χ1) is 10.7. The molecule has 3 aromatic rings. The minimum absolute atomic E-state index is 0.00737. The van der Waals surface area contributed by atoms with Crippen LogP contribution < -0.4 is 5.73 Å². The van der Waals surface area contributed by atoms with E-state index >= 15 is 0 Å². The van der Waals surface area contributed by atoms with Crippen molar-refractivity contribution in [3.05, 3.63) is 59.0 Å². The number of nitrogens with two attached hydrogens (primary N) is 1. The predicted octanol–water partition coefficient (Wildman–Crippen LogP) is 2.12. The normalized spacial score (nSPS) is 10.8. The van der Waals surface area contributed by atoms with Crippen LogP contribution in [0.25, 0.3) is 11.3 Å². The zero-order valence-corrected chi connectivity index (χ0v) is 12.4. The molecular formula is C15H14ClN5O. The van der Waals surface area contributed by atoms with Crippen LogP contribution in [-0.4, -0.2) is 24.9 Å². The van der Waals surface area contributed by atoms with Crippen LogP contribution in [0.4, 0.5) is 5.95 Å². The molecule has 3 N–H and O–H groups in total. The summed E-state index contributed by atoms with van der Waals surface area (Å²) in [6, 6.07) is 7.81. The van der Waals surface area contributed by atoms with E-state index in [4.69, 9.17) is 22.4 Å². The molecule has 1 aromatic carbocycles. The molecule has 0 saturated heterocycles. The number of benzene rings is 1. The maximum absolute atomic E-state index is 9.04. The average molecular weight is 316 g/mol. The molecule has 2 aromatic heterocycles. The Kier molecular flexibility index (Phi) is 4.04. The minimum Gasteiger partial charge on any atom is -0.392 e. The second-order valence-electron chi connectivity index (χ2n) is 4.83. The highest BCUT2D eigenvalue weighted by Gasteiger charge is 2.07. The lowest BCUT2D eigenvalue weighted by atomic mass is 10.1. The van der Waals surface area contributed by atoms with Crippen LogP contribution in [0.3, 0.4) is 0 Å². The number of aromatic nitrogens is 4. The van der Waals surface area contributed by atoms with Crippen LogP contribution in [0.5, 0.6) is 0 Å². The van der Waals surface area contributed by atoms with E-state index in [1.54, 1.807) is 10.9 Å². The summed E-state index contributed by atoms with van der Waals surface area (Å²) in [4.78, 5) is 8.01. The van der Waals surface area contributed by atoms with Gasteiger partial charge in [0.25, 0.3) is 0 Å². The third kappa shape index (κ3) is 3.08. The number of aliphatic hydroxyl groups excluding tert-OH is 1. The van der Waals surface area contributed by atoms with E-state index < -0.39 is 0 Å². The molecule has 6 nitrogen and oxygen atoms in total. The Morgan fingerprint density at radius 3 is 2.59 bits per heavy atom. The highest BCUT2D eigenvalue weighted by atomic mass is 35.5. The fourth-order valence-corrected chi connectivity index (χ4v) is 2.31. The summed E-state index contributed by atoms with van der Waals surface area (Å²) >= 11 is 6.10. The van der Waals surface area contributed by atoms with Crippen molar-refractivity contribution in [1.29, 1.82) is 0 Å². The van der Waals surface area contributed by atoms with Crippen molar-refractivity contribution in [3.8, 4) is 11.3 Å². The Labute approximate surface area is 132 Å². The standard InChI is InChI=1S/C15H14ClN5O/c16-13-6-18-15(17)20-14(13)12-3-1-10(2-4-12)7-21-8-11(9-22)5-19-21/h1-6,8,22H,7,9H2,(H2,17,18,20). The predicted molar refractivity (Wildman–Crippen MR) is 84.1 cm³/mol. The highest BCUT2D eigenvalue weighted by Crippen LogP contribution is 2.25. The zero-order valence-electron chi connectivity index (χ0n) is 11.6. The van der Waals surface area contributed by atoms with Gasteiger partial charge < -0.3 is 10.8 Å². The molecule has 0 bridgehead atoms. The molecule has 0 atom stereocenters. The summed E-state index contributed by atoms with van der Waals surface area (Å²) in [6.07, 6.45) is 4.96. The van der Waals surface area contributed by atoms with Crippen molar-refractivity contribution in [2.75, 3.05) is 5.73 Å². The van der Waals surface area contributed by atoms with E-state index in [0.717, 1.165) is 16.7 Å². The third-order valence-corrected chi connectivity index (χ3v) is 3.48. The van der Waals surface area contributed by atoms with Gasteiger partial charge in [-0.25, -0.2) is 9.97 Å². The van der Waals surface area contributed by atoms with Gasteiger partial charge in [-0.1, -0.05) is 35.9 Å². The van der Waals surface area contributed by atoms with Crippen molar-refractivity contribution in [2.24, 2.45) is 0 Å². The molecule has 112 valence electrons. The van der Waals surface area contributed by atoms with Crippen molar-refractivity contribution in [1.82, 2.24) is 19.7 Å². The highest BCUT2D eigenvalue weighted by molar-refractivity contribution is 6.32. The van der Waals surface area contributed by atoms with Gasteiger partial charge in [-0.3, -0.25) is 4.68 Å². The van der Waals surface area contributed by atoms with Crippen molar-refractivity contribution in [3.63, 3.8) is 0 Å². The van der Waals surface area contributed by atoms with E-state index in [0.29, 0.717) is 17.3 Å². The van der Waals surface area contributed by atoms with Crippen LogP contribution in [-0.2, 0) is 13.2 Å². The molecule has 0 aliphatic rings. The number of halogens is 1. The molecule has 0 fully saturated rings. The van der Waals surface area contributed by atoms with Crippen LogP contribution in [0.1, 0.15) is 11.1 Å². The minimum atomic E-state index is -0.00737. The van der Waals surface area contributed by atoms with Gasteiger partial charge in [0.1, 0.15) is 0 Å². The van der Waals surface area contributed by atoms with Gasteiger partial charge in [-0.05, 0) is 5.56 Å². The number of rotatable bonds is 4. The second-order valence-corrected chi connectivity index (χ2v) is 5.23. The van der Waals surface area contributed by atoms with Gasteiger partial charge in [-0.15, -0.1) is 0 Å². The number of hydrogen-bond acceptors (Lipinski definition) is 5. The van der Waals surface area contributed by atoms with Gasteiger partial charge in [0.15, 0.2) is 0 Å². The number of nitrogen functional groups attached to an aromatic ring is 1. The van der Waals surface area contributed by atoms with Crippen molar-refractivity contribution >= 4 is 17.5 Å². The average Bonchev–Trinajstić information content (AvgIpc) is 2.98. The third-order valence-electron chi connectivity index (χ3n) is 3.20. The molecule has 2 heterocycles. The Hall–Kier alpha value is -2.44. The SMILES string of the molecule is Nc1ncc(Cl)c(-c2ccc(Cn3cc(CO)cn3)cc2)n1. The van der Waals surface area contributed by atoms with E-state index in [1.807, 2.05) is 30.5 Å². The fraction of sp³-hybridized carbons (Fsp3) is 0.133. The largest absolute Gasteiger partial charge is 0.392 e. The van der Waals surface area contributed by atoms with Crippen molar-refractivity contribution in [2.45, 2.75) is 13.2 Å².